The Morgan fingerprint density at radius 3 is 2.07 bits per heavy atom. The summed E-state index contributed by atoms with van der Waals surface area (Å²) in [5.41, 5.74) is 0.0642. The number of aliphatic hydroxyl groups is 1. The van der Waals surface area contributed by atoms with Gasteiger partial charge in [0.15, 0.2) is 0 Å². The summed E-state index contributed by atoms with van der Waals surface area (Å²) in [5.74, 6) is 2.87. The van der Waals surface area contributed by atoms with Crippen LogP contribution in [0, 0.1) is 23.2 Å². The third-order valence-corrected chi connectivity index (χ3v) is 8.61. The summed E-state index contributed by atoms with van der Waals surface area (Å²) in [4.78, 5) is 17.7. The number of nitrogens with one attached hydrogen (secondary N) is 1. The molecule has 0 radical (unpaired) electrons. The molecule has 7 aliphatic rings. The molecule has 2 N–H and O–H groups in total. The number of rotatable bonds is 5. The van der Waals surface area contributed by atoms with Gasteiger partial charge in [0.05, 0.1) is 12.6 Å². The van der Waals surface area contributed by atoms with Crippen LogP contribution in [0.3, 0.4) is 0 Å². The maximum absolute atomic E-state index is 12.9. The van der Waals surface area contributed by atoms with Crippen molar-refractivity contribution in [3.63, 3.8) is 0 Å². The zero-order valence-electron chi connectivity index (χ0n) is 18.0. The first-order valence-corrected chi connectivity index (χ1v) is 11.7. The van der Waals surface area contributed by atoms with Crippen molar-refractivity contribution < 1.29 is 9.90 Å². The standard InChI is InChI=1S/C23H39N3O2/c1-22(2,3)20(27)13-26-18-7-19(26)12-25(11-18)14-21(28)24-23-8-15-4-16(9-23)6-17(5-15)10-23/h15-20,27H,4-14H2,1-3H3,(H,24,28). The van der Waals surface area contributed by atoms with Crippen molar-refractivity contribution in [3.8, 4) is 0 Å². The number of amides is 1. The van der Waals surface area contributed by atoms with E-state index in [-0.39, 0.29) is 23.0 Å². The molecule has 0 aromatic carbocycles. The van der Waals surface area contributed by atoms with Gasteiger partial charge in [-0.1, -0.05) is 20.8 Å². The molecule has 0 aromatic rings. The number of aliphatic hydroxyl groups excluding tert-OH is 1. The van der Waals surface area contributed by atoms with Crippen LogP contribution in [0.25, 0.3) is 0 Å². The second-order valence-electron chi connectivity index (χ2n) is 12.1. The van der Waals surface area contributed by atoms with Crippen molar-refractivity contribution in [1.29, 1.82) is 0 Å². The molecule has 3 aliphatic heterocycles. The van der Waals surface area contributed by atoms with Gasteiger partial charge in [0, 0.05) is 37.3 Å². The molecule has 5 nitrogen and oxygen atoms in total. The van der Waals surface area contributed by atoms with Gasteiger partial charge in [0.2, 0.25) is 5.91 Å². The maximum Gasteiger partial charge on any atom is 0.234 e. The first kappa shape index (κ1) is 19.3. The highest BCUT2D eigenvalue weighted by molar-refractivity contribution is 5.79. The fourth-order valence-electron chi connectivity index (χ4n) is 7.48. The molecule has 0 spiro atoms. The lowest BCUT2D eigenvalue weighted by atomic mass is 9.53. The fourth-order valence-corrected chi connectivity index (χ4v) is 7.48. The minimum Gasteiger partial charge on any atom is -0.391 e. The Hall–Kier alpha value is -0.650. The number of carbonyl (C=O) groups excluding carboxylic acids is 1. The molecule has 3 atom stereocenters. The van der Waals surface area contributed by atoms with E-state index in [0.29, 0.717) is 18.6 Å². The van der Waals surface area contributed by atoms with Gasteiger partial charge >= 0.3 is 0 Å². The molecule has 4 aliphatic carbocycles. The van der Waals surface area contributed by atoms with Crippen molar-refractivity contribution in [2.75, 3.05) is 26.2 Å². The van der Waals surface area contributed by atoms with Crippen LogP contribution >= 0.6 is 0 Å². The SMILES string of the molecule is CC(C)(C)C(O)CN1C2CC1CN(CC(=O)NC13CC4CC(CC(C4)C1)C3)C2. The highest BCUT2D eigenvalue weighted by Crippen LogP contribution is 2.55. The first-order chi connectivity index (χ1) is 13.2. The van der Waals surface area contributed by atoms with Gasteiger partial charge in [-0.3, -0.25) is 14.6 Å². The first-order valence-electron chi connectivity index (χ1n) is 11.7. The largest absolute Gasteiger partial charge is 0.391 e. The van der Waals surface area contributed by atoms with E-state index in [1.807, 2.05) is 0 Å². The zero-order chi connectivity index (χ0) is 19.7. The summed E-state index contributed by atoms with van der Waals surface area (Å²) in [5, 5.41) is 14.0. The zero-order valence-corrected chi connectivity index (χ0v) is 18.0. The molecule has 28 heavy (non-hydrogen) atoms. The number of fused-ring (bicyclic) bond motifs is 2. The monoisotopic (exact) mass is 389 g/mol. The van der Waals surface area contributed by atoms with E-state index in [2.05, 4.69) is 35.9 Å². The van der Waals surface area contributed by atoms with Gasteiger partial charge in [-0.15, -0.1) is 0 Å². The van der Waals surface area contributed by atoms with E-state index in [1.165, 1.54) is 44.9 Å². The van der Waals surface area contributed by atoms with E-state index in [0.717, 1.165) is 37.4 Å². The Kier molecular flexibility index (Phi) is 4.61. The lowest BCUT2D eigenvalue weighted by molar-refractivity contribution is -0.134. The highest BCUT2D eigenvalue weighted by Gasteiger charge is 2.52. The molecule has 3 heterocycles. The molecule has 0 aromatic heterocycles. The van der Waals surface area contributed by atoms with Crippen LogP contribution in [0.1, 0.15) is 65.7 Å². The van der Waals surface area contributed by atoms with Gasteiger partial charge in [-0.05, 0) is 68.1 Å². The topological polar surface area (TPSA) is 55.8 Å². The Balaban J connectivity index is 1.12. The Morgan fingerprint density at radius 1 is 1.04 bits per heavy atom. The molecule has 158 valence electrons. The average molecular weight is 390 g/mol. The van der Waals surface area contributed by atoms with Gasteiger partial charge in [0.1, 0.15) is 0 Å². The normalized spacial score (nSPS) is 43.6. The van der Waals surface area contributed by atoms with Gasteiger partial charge in [-0.2, -0.15) is 0 Å². The smallest absolute Gasteiger partial charge is 0.234 e. The van der Waals surface area contributed by atoms with Crippen molar-refractivity contribution in [2.45, 2.75) is 89.4 Å². The summed E-state index contributed by atoms with van der Waals surface area (Å²) >= 11 is 0. The van der Waals surface area contributed by atoms with Crippen molar-refractivity contribution in [1.82, 2.24) is 15.1 Å². The van der Waals surface area contributed by atoms with Gasteiger partial charge in [-0.25, -0.2) is 0 Å². The summed E-state index contributed by atoms with van der Waals surface area (Å²) in [6, 6.07) is 1.03. The second kappa shape index (κ2) is 6.68. The predicted molar refractivity (Wildman–Crippen MR) is 110 cm³/mol. The predicted octanol–water partition coefficient (Wildman–Crippen LogP) is 2.24. The molecule has 4 saturated carbocycles. The van der Waals surface area contributed by atoms with Crippen molar-refractivity contribution in [2.24, 2.45) is 23.2 Å². The van der Waals surface area contributed by atoms with Crippen LogP contribution < -0.4 is 5.32 Å². The van der Waals surface area contributed by atoms with Crippen LogP contribution in [0.4, 0.5) is 0 Å². The van der Waals surface area contributed by atoms with Crippen LogP contribution in [0.2, 0.25) is 0 Å². The second-order valence-corrected chi connectivity index (χ2v) is 12.1. The Labute approximate surface area is 170 Å². The van der Waals surface area contributed by atoms with Crippen molar-refractivity contribution >= 4 is 5.91 Å². The number of carbonyl (C=O) groups is 1. The van der Waals surface area contributed by atoms with Crippen LogP contribution in [0.15, 0.2) is 0 Å². The van der Waals surface area contributed by atoms with Crippen LogP contribution in [-0.4, -0.2) is 70.7 Å². The maximum atomic E-state index is 12.9. The summed E-state index contributed by atoms with van der Waals surface area (Å²) in [6.45, 7) is 9.59. The number of hydrogen-bond donors (Lipinski definition) is 2. The third-order valence-electron chi connectivity index (χ3n) is 8.61. The molecule has 1 amide bonds. The van der Waals surface area contributed by atoms with Gasteiger partial charge < -0.3 is 10.4 Å². The summed E-state index contributed by atoms with van der Waals surface area (Å²) in [7, 11) is 0. The number of hydrogen-bond acceptors (Lipinski definition) is 4. The van der Waals surface area contributed by atoms with E-state index in [4.69, 9.17) is 0 Å². The summed E-state index contributed by atoms with van der Waals surface area (Å²) in [6.07, 6.45) is 8.88. The van der Waals surface area contributed by atoms with Gasteiger partial charge in [0.25, 0.3) is 0 Å². The third kappa shape index (κ3) is 3.52. The van der Waals surface area contributed by atoms with E-state index < -0.39 is 0 Å². The minimum absolute atomic E-state index is 0.0681. The number of nitrogens with zero attached hydrogens (tertiary/aromatic N) is 2. The number of piperidine rings is 1. The van der Waals surface area contributed by atoms with Crippen molar-refractivity contribution in [3.05, 3.63) is 0 Å². The molecule has 3 unspecified atom stereocenters. The lowest BCUT2D eigenvalue weighted by Gasteiger charge is -2.58. The van der Waals surface area contributed by atoms with Crippen LogP contribution in [0.5, 0.6) is 0 Å². The Bertz CT molecular complexity index is 581. The van der Waals surface area contributed by atoms with Crippen LogP contribution in [-0.2, 0) is 4.79 Å². The molecular formula is C23H39N3O2. The van der Waals surface area contributed by atoms with E-state index in [1.54, 1.807) is 0 Å². The molecular weight excluding hydrogens is 350 g/mol. The molecule has 3 saturated heterocycles. The molecule has 7 fully saturated rings. The number of piperazine rings is 1. The average Bonchev–Trinajstić information content (AvgIpc) is 2.56. The molecule has 6 bridgehead atoms. The van der Waals surface area contributed by atoms with E-state index in [9.17, 15) is 9.90 Å². The lowest BCUT2D eigenvalue weighted by Crippen LogP contribution is -2.71. The summed E-state index contributed by atoms with van der Waals surface area (Å²) < 4.78 is 0. The molecule has 5 heteroatoms. The highest BCUT2D eigenvalue weighted by atomic mass is 16.3. The molecule has 7 rings (SSSR count). The quantitative estimate of drug-likeness (QED) is 0.757. The minimum atomic E-state index is -0.288. The fraction of sp³-hybridized carbons (Fsp3) is 0.957. The Morgan fingerprint density at radius 2 is 1.57 bits per heavy atom. The van der Waals surface area contributed by atoms with E-state index >= 15 is 0 Å².